The number of nitrogens with zero attached hydrogens (tertiary/aromatic N) is 2. The molecule has 5 heteroatoms. The lowest BCUT2D eigenvalue weighted by Crippen LogP contribution is -2.30. The first kappa shape index (κ1) is 14.5. The first-order valence-electron chi connectivity index (χ1n) is 7.00. The Kier molecular flexibility index (Phi) is 3.76. The van der Waals surface area contributed by atoms with E-state index in [4.69, 9.17) is 5.26 Å². The quantitative estimate of drug-likeness (QED) is 0.840. The Bertz CT molecular complexity index is 765. The van der Waals surface area contributed by atoms with Crippen LogP contribution in [0.5, 0.6) is 0 Å². The number of nitriles is 1. The first-order valence-corrected chi connectivity index (χ1v) is 7.00. The van der Waals surface area contributed by atoms with Crippen LogP contribution in [0.1, 0.15) is 23.1 Å². The molecule has 0 unspecified atom stereocenters. The van der Waals surface area contributed by atoms with Crippen molar-refractivity contribution in [2.24, 2.45) is 0 Å². The fourth-order valence-corrected chi connectivity index (χ4v) is 2.87. The number of rotatable bonds is 2. The Morgan fingerprint density at radius 1 is 1.09 bits per heavy atom. The summed E-state index contributed by atoms with van der Waals surface area (Å²) < 4.78 is 41.3. The third-order valence-corrected chi connectivity index (χ3v) is 3.83. The highest BCUT2D eigenvalue weighted by Gasteiger charge is 2.23. The van der Waals surface area contributed by atoms with E-state index in [0.717, 1.165) is 12.5 Å². The topological polar surface area (TPSA) is 27.0 Å². The normalized spacial score (nSPS) is 13.6. The van der Waals surface area contributed by atoms with E-state index in [0.29, 0.717) is 35.3 Å². The Morgan fingerprint density at radius 3 is 2.68 bits per heavy atom. The lowest BCUT2D eigenvalue weighted by atomic mass is 10.00. The predicted octanol–water partition coefficient (Wildman–Crippen LogP) is 3.93. The van der Waals surface area contributed by atoms with E-state index in [1.54, 1.807) is 4.90 Å². The Hall–Kier alpha value is -2.48. The largest absolute Gasteiger partial charge is 0.364 e. The van der Waals surface area contributed by atoms with Crippen LogP contribution in [0.2, 0.25) is 0 Å². The van der Waals surface area contributed by atoms with Gasteiger partial charge in [-0.25, -0.2) is 13.2 Å². The molecule has 1 heterocycles. The van der Waals surface area contributed by atoms with Gasteiger partial charge in [0.15, 0.2) is 0 Å². The van der Waals surface area contributed by atoms with Crippen molar-refractivity contribution in [3.63, 3.8) is 0 Å². The van der Waals surface area contributed by atoms with E-state index < -0.39 is 17.5 Å². The zero-order chi connectivity index (χ0) is 15.7. The van der Waals surface area contributed by atoms with E-state index in [1.165, 1.54) is 24.3 Å². The minimum Gasteiger partial charge on any atom is -0.364 e. The predicted molar refractivity (Wildman–Crippen MR) is 76.8 cm³/mol. The molecule has 1 aliphatic heterocycles. The monoisotopic (exact) mass is 302 g/mol. The molecule has 0 atom stereocenters. The van der Waals surface area contributed by atoms with Crippen molar-refractivity contribution >= 4 is 5.69 Å². The van der Waals surface area contributed by atoms with E-state index in [2.05, 4.69) is 0 Å². The zero-order valence-electron chi connectivity index (χ0n) is 11.7. The second-order valence-electron chi connectivity index (χ2n) is 5.34. The van der Waals surface area contributed by atoms with Crippen LogP contribution < -0.4 is 4.90 Å². The Labute approximate surface area is 126 Å². The van der Waals surface area contributed by atoms with E-state index in [9.17, 15) is 13.2 Å². The molecule has 2 aromatic carbocycles. The number of hydrogen-bond donors (Lipinski definition) is 0. The minimum atomic E-state index is -0.633. The lowest BCUT2D eigenvalue weighted by molar-refractivity contribution is 0.556. The molecule has 112 valence electrons. The molecule has 0 saturated carbocycles. The standard InChI is InChI=1S/C17H13F3N2/c18-14-7-12-2-1-5-22(17(12)16(20)8-14)10-13-6-11(9-21)3-4-15(13)19/h3-4,6-8H,1-2,5,10H2. The van der Waals surface area contributed by atoms with Gasteiger partial charge < -0.3 is 4.90 Å². The molecule has 0 radical (unpaired) electrons. The van der Waals surface area contributed by atoms with Gasteiger partial charge in [-0.2, -0.15) is 5.26 Å². The van der Waals surface area contributed by atoms with Gasteiger partial charge in [0.25, 0.3) is 0 Å². The molecule has 0 aliphatic carbocycles. The van der Waals surface area contributed by atoms with Gasteiger partial charge in [0.1, 0.15) is 17.5 Å². The molecule has 22 heavy (non-hydrogen) atoms. The number of benzene rings is 2. The van der Waals surface area contributed by atoms with Crippen LogP contribution in [-0.2, 0) is 13.0 Å². The molecule has 2 nitrogen and oxygen atoms in total. The molecular formula is C17H13F3N2. The number of aryl methyl sites for hydroxylation is 1. The molecule has 0 saturated heterocycles. The summed E-state index contributed by atoms with van der Waals surface area (Å²) in [6, 6.07) is 8.23. The van der Waals surface area contributed by atoms with Gasteiger partial charge in [-0.15, -0.1) is 0 Å². The van der Waals surface area contributed by atoms with Gasteiger partial charge in [-0.3, -0.25) is 0 Å². The van der Waals surface area contributed by atoms with Crippen molar-refractivity contribution in [3.05, 3.63) is 64.5 Å². The molecule has 3 rings (SSSR count). The Morgan fingerprint density at radius 2 is 1.91 bits per heavy atom. The number of halogens is 3. The van der Waals surface area contributed by atoms with Gasteiger partial charge in [-0.1, -0.05) is 0 Å². The maximum Gasteiger partial charge on any atom is 0.149 e. The summed E-state index contributed by atoms with van der Waals surface area (Å²) in [5.74, 6) is -1.67. The Balaban J connectivity index is 1.98. The third-order valence-electron chi connectivity index (χ3n) is 3.83. The molecule has 2 aromatic rings. The number of fused-ring (bicyclic) bond motifs is 1. The molecule has 0 aromatic heterocycles. The molecular weight excluding hydrogens is 289 g/mol. The first-order chi connectivity index (χ1) is 10.6. The van der Waals surface area contributed by atoms with E-state index in [1.807, 2.05) is 6.07 Å². The summed E-state index contributed by atoms with van der Waals surface area (Å²) in [4.78, 5) is 1.70. The van der Waals surface area contributed by atoms with Crippen LogP contribution in [-0.4, -0.2) is 6.54 Å². The summed E-state index contributed by atoms with van der Waals surface area (Å²) in [6.07, 6.45) is 1.34. The minimum absolute atomic E-state index is 0.150. The third kappa shape index (κ3) is 2.64. The van der Waals surface area contributed by atoms with Crippen LogP contribution in [0.25, 0.3) is 0 Å². The zero-order valence-corrected chi connectivity index (χ0v) is 11.7. The SMILES string of the molecule is N#Cc1ccc(F)c(CN2CCCc3cc(F)cc(F)c32)c1. The summed E-state index contributed by atoms with van der Waals surface area (Å²) in [7, 11) is 0. The molecule has 0 spiro atoms. The second-order valence-corrected chi connectivity index (χ2v) is 5.34. The van der Waals surface area contributed by atoms with Gasteiger partial charge in [0.2, 0.25) is 0 Å². The highest BCUT2D eigenvalue weighted by Crippen LogP contribution is 2.32. The summed E-state index contributed by atoms with van der Waals surface area (Å²) in [5, 5.41) is 8.90. The van der Waals surface area contributed by atoms with Gasteiger partial charge >= 0.3 is 0 Å². The van der Waals surface area contributed by atoms with Gasteiger partial charge in [0, 0.05) is 24.7 Å². The maximum atomic E-state index is 14.1. The summed E-state index contributed by atoms with van der Waals surface area (Å²) in [5.41, 5.74) is 1.61. The smallest absolute Gasteiger partial charge is 0.149 e. The average molecular weight is 302 g/mol. The molecule has 0 amide bonds. The average Bonchev–Trinajstić information content (AvgIpc) is 2.49. The number of anilines is 1. The number of hydrogen-bond acceptors (Lipinski definition) is 2. The van der Waals surface area contributed by atoms with Crippen molar-refractivity contribution in [1.29, 1.82) is 5.26 Å². The van der Waals surface area contributed by atoms with E-state index >= 15 is 0 Å². The highest BCUT2D eigenvalue weighted by atomic mass is 19.1. The van der Waals surface area contributed by atoms with Crippen molar-refractivity contribution in [1.82, 2.24) is 0 Å². The highest BCUT2D eigenvalue weighted by molar-refractivity contribution is 5.57. The van der Waals surface area contributed by atoms with Crippen LogP contribution in [0.4, 0.5) is 18.9 Å². The molecule has 0 N–H and O–H groups in total. The van der Waals surface area contributed by atoms with Gasteiger partial charge in [-0.05, 0) is 42.7 Å². The summed E-state index contributed by atoms with van der Waals surface area (Å²) in [6.45, 7) is 0.711. The summed E-state index contributed by atoms with van der Waals surface area (Å²) >= 11 is 0. The lowest BCUT2D eigenvalue weighted by Gasteiger charge is -2.31. The van der Waals surface area contributed by atoms with Crippen molar-refractivity contribution < 1.29 is 13.2 Å². The molecule has 0 bridgehead atoms. The fourth-order valence-electron chi connectivity index (χ4n) is 2.87. The molecule has 0 fully saturated rings. The van der Waals surface area contributed by atoms with Crippen LogP contribution in [0, 0.1) is 28.8 Å². The van der Waals surface area contributed by atoms with Crippen molar-refractivity contribution in [2.75, 3.05) is 11.4 Å². The van der Waals surface area contributed by atoms with E-state index in [-0.39, 0.29) is 6.54 Å². The molecule has 1 aliphatic rings. The van der Waals surface area contributed by atoms with Crippen LogP contribution >= 0.6 is 0 Å². The maximum absolute atomic E-state index is 14.1. The van der Waals surface area contributed by atoms with Crippen molar-refractivity contribution in [2.45, 2.75) is 19.4 Å². The van der Waals surface area contributed by atoms with Crippen LogP contribution in [0.3, 0.4) is 0 Å². The van der Waals surface area contributed by atoms with Gasteiger partial charge in [0.05, 0.1) is 17.3 Å². The second kappa shape index (κ2) is 5.72. The van der Waals surface area contributed by atoms with Crippen LogP contribution in [0.15, 0.2) is 30.3 Å². The fraction of sp³-hybridized carbons (Fsp3) is 0.235. The van der Waals surface area contributed by atoms with Crippen molar-refractivity contribution in [3.8, 4) is 6.07 Å².